The fraction of sp³-hybridized carbons (Fsp3) is 0.0714. The van der Waals surface area contributed by atoms with Crippen molar-refractivity contribution < 1.29 is 5.21 Å². The largest absolute Gasteiger partial charge is 0.409 e. The summed E-state index contributed by atoms with van der Waals surface area (Å²) in [6, 6.07) is 9.96. The Labute approximate surface area is 114 Å². The lowest BCUT2D eigenvalue weighted by Gasteiger charge is -2.05. The molecule has 3 N–H and O–H groups in total. The fourth-order valence-corrected chi connectivity index (χ4v) is 2.78. The lowest BCUT2D eigenvalue weighted by atomic mass is 10.1. The van der Waals surface area contributed by atoms with E-state index in [2.05, 4.69) is 38.8 Å². The minimum Gasteiger partial charge on any atom is -0.409 e. The Balaban J connectivity index is 2.05. The van der Waals surface area contributed by atoms with Gasteiger partial charge in [-0.1, -0.05) is 17.3 Å². The maximum absolute atomic E-state index is 8.75. The topological polar surface area (TPSA) is 63.5 Å². The van der Waals surface area contributed by atoms with Crippen molar-refractivity contribution in [2.75, 3.05) is 0 Å². The fourth-order valence-electron chi connectivity index (χ4n) is 2.12. The van der Waals surface area contributed by atoms with Gasteiger partial charge in [0.25, 0.3) is 0 Å². The number of benzene rings is 1. The van der Waals surface area contributed by atoms with Crippen LogP contribution in [0.25, 0.3) is 10.9 Å². The number of nitrogens with zero attached hydrogens (tertiary/aromatic N) is 2. The molecule has 1 aromatic carbocycles. The highest BCUT2D eigenvalue weighted by Gasteiger charge is 2.06. The summed E-state index contributed by atoms with van der Waals surface area (Å²) in [7, 11) is 0. The van der Waals surface area contributed by atoms with Gasteiger partial charge in [0.2, 0.25) is 0 Å². The van der Waals surface area contributed by atoms with Crippen LogP contribution in [0.2, 0.25) is 0 Å². The van der Waals surface area contributed by atoms with Crippen LogP contribution in [-0.2, 0) is 6.54 Å². The summed E-state index contributed by atoms with van der Waals surface area (Å²) in [6.07, 6.45) is 2.05. The molecule has 0 unspecified atom stereocenters. The zero-order valence-electron chi connectivity index (χ0n) is 10.2. The molecule has 3 rings (SSSR count). The summed E-state index contributed by atoms with van der Waals surface area (Å²) < 4.78 is 2.16. The number of fused-ring (bicyclic) bond motifs is 1. The first-order valence-corrected chi connectivity index (χ1v) is 6.80. The summed E-state index contributed by atoms with van der Waals surface area (Å²) in [6.45, 7) is 0.826. The van der Waals surface area contributed by atoms with Crippen LogP contribution < -0.4 is 5.73 Å². The van der Waals surface area contributed by atoms with E-state index in [9.17, 15) is 0 Å². The number of hydrogen-bond donors (Lipinski definition) is 2. The maximum Gasteiger partial charge on any atom is 0.170 e. The van der Waals surface area contributed by atoms with Gasteiger partial charge in [-0.2, -0.15) is 11.3 Å². The van der Waals surface area contributed by atoms with Gasteiger partial charge >= 0.3 is 0 Å². The summed E-state index contributed by atoms with van der Waals surface area (Å²) in [5, 5.41) is 17.1. The van der Waals surface area contributed by atoms with Gasteiger partial charge in [-0.15, -0.1) is 0 Å². The van der Waals surface area contributed by atoms with Crippen LogP contribution in [0.4, 0.5) is 0 Å². The molecule has 0 fully saturated rings. The van der Waals surface area contributed by atoms with Crippen molar-refractivity contribution >= 4 is 28.1 Å². The number of hydrogen-bond acceptors (Lipinski definition) is 3. The van der Waals surface area contributed by atoms with Crippen LogP contribution in [-0.4, -0.2) is 15.6 Å². The first kappa shape index (κ1) is 11.8. The van der Waals surface area contributed by atoms with Crippen LogP contribution in [0.5, 0.6) is 0 Å². The molecule has 0 atom stereocenters. The van der Waals surface area contributed by atoms with E-state index in [4.69, 9.17) is 10.9 Å². The Hall–Kier alpha value is -2.27. The standard InChI is InChI=1S/C14H13N3OS/c15-14(16-18)12-2-1-11-3-5-17(13(11)7-12)8-10-4-6-19-9-10/h1-7,9,18H,8H2,(H2,15,16). The lowest BCUT2D eigenvalue weighted by molar-refractivity contribution is 0.318. The summed E-state index contributed by atoms with van der Waals surface area (Å²) >= 11 is 1.69. The Kier molecular flexibility index (Phi) is 2.97. The van der Waals surface area contributed by atoms with Gasteiger partial charge in [-0.25, -0.2) is 0 Å². The third-order valence-electron chi connectivity index (χ3n) is 3.11. The first-order chi connectivity index (χ1) is 9.28. The highest BCUT2D eigenvalue weighted by Crippen LogP contribution is 2.19. The predicted octanol–water partition coefficient (Wildman–Crippen LogP) is 2.85. The number of thiophene rings is 1. The van der Waals surface area contributed by atoms with Gasteiger partial charge in [0.1, 0.15) is 0 Å². The SMILES string of the molecule is N/C(=N/O)c1ccc2ccn(Cc3ccsc3)c2c1. The van der Waals surface area contributed by atoms with Gasteiger partial charge in [0.05, 0.1) is 0 Å². The molecule has 19 heavy (non-hydrogen) atoms. The van der Waals surface area contributed by atoms with Crippen molar-refractivity contribution in [3.63, 3.8) is 0 Å². The molecule has 4 nitrogen and oxygen atoms in total. The van der Waals surface area contributed by atoms with E-state index < -0.39 is 0 Å². The zero-order valence-corrected chi connectivity index (χ0v) is 11.0. The maximum atomic E-state index is 8.75. The van der Waals surface area contributed by atoms with Crippen LogP contribution in [0.1, 0.15) is 11.1 Å². The molecular weight excluding hydrogens is 258 g/mol. The van der Waals surface area contributed by atoms with Crippen molar-refractivity contribution in [2.24, 2.45) is 10.9 Å². The van der Waals surface area contributed by atoms with E-state index in [0.717, 1.165) is 23.0 Å². The average molecular weight is 271 g/mol. The molecule has 3 aromatic rings. The van der Waals surface area contributed by atoms with Crippen molar-refractivity contribution in [1.82, 2.24) is 4.57 Å². The Morgan fingerprint density at radius 3 is 2.95 bits per heavy atom. The number of rotatable bonds is 3. The number of oxime groups is 1. The molecule has 2 aromatic heterocycles. The van der Waals surface area contributed by atoms with Crippen LogP contribution in [0.3, 0.4) is 0 Å². The highest BCUT2D eigenvalue weighted by atomic mass is 32.1. The van der Waals surface area contributed by atoms with Crippen LogP contribution >= 0.6 is 11.3 Å². The minimum atomic E-state index is 0.130. The van der Waals surface area contributed by atoms with Gasteiger partial charge in [-0.05, 0) is 39.9 Å². The second-order valence-electron chi connectivity index (χ2n) is 4.33. The van der Waals surface area contributed by atoms with E-state index in [0.29, 0.717) is 0 Å². The molecule has 0 radical (unpaired) electrons. The van der Waals surface area contributed by atoms with Crippen molar-refractivity contribution in [1.29, 1.82) is 0 Å². The van der Waals surface area contributed by atoms with Gasteiger partial charge in [0.15, 0.2) is 5.84 Å². The Bertz CT molecular complexity index is 728. The molecule has 0 aliphatic rings. The average Bonchev–Trinajstić information content (AvgIpc) is 3.08. The first-order valence-electron chi connectivity index (χ1n) is 5.86. The normalized spacial score (nSPS) is 12.1. The van der Waals surface area contributed by atoms with Gasteiger partial charge in [-0.3, -0.25) is 0 Å². The summed E-state index contributed by atoms with van der Waals surface area (Å²) in [5.74, 6) is 0.130. The Morgan fingerprint density at radius 1 is 1.32 bits per heavy atom. The monoisotopic (exact) mass is 271 g/mol. The molecule has 5 heteroatoms. The van der Waals surface area contributed by atoms with Crippen molar-refractivity contribution in [3.8, 4) is 0 Å². The third-order valence-corrected chi connectivity index (χ3v) is 3.84. The number of aromatic nitrogens is 1. The van der Waals surface area contributed by atoms with Gasteiger partial charge in [0, 0.05) is 23.8 Å². The second kappa shape index (κ2) is 4.78. The smallest absolute Gasteiger partial charge is 0.170 e. The van der Waals surface area contributed by atoms with E-state index in [1.165, 1.54) is 5.56 Å². The van der Waals surface area contributed by atoms with Crippen LogP contribution in [0, 0.1) is 0 Å². The number of nitrogens with two attached hydrogens (primary N) is 1. The van der Waals surface area contributed by atoms with Crippen LogP contribution in [0.15, 0.2) is 52.4 Å². The highest BCUT2D eigenvalue weighted by molar-refractivity contribution is 7.07. The molecule has 0 saturated carbocycles. The number of amidine groups is 1. The molecule has 96 valence electrons. The molecule has 2 heterocycles. The zero-order chi connectivity index (χ0) is 13.2. The van der Waals surface area contributed by atoms with E-state index in [-0.39, 0.29) is 5.84 Å². The lowest BCUT2D eigenvalue weighted by Crippen LogP contribution is -2.13. The molecule has 0 aliphatic heterocycles. The summed E-state index contributed by atoms with van der Waals surface area (Å²) in [5.41, 5.74) is 8.71. The van der Waals surface area contributed by atoms with Crippen molar-refractivity contribution in [2.45, 2.75) is 6.54 Å². The molecule has 0 aliphatic carbocycles. The van der Waals surface area contributed by atoms with E-state index >= 15 is 0 Å². The third kappa shape index (κ3) is 2.20. The van der Waals surface area contributed by atoms with E-state index in [1.54, 1.807) is 11.3 Å². The second-order valence-corrected chi connectivity index (χ2v) is 5.11. The predicted molar refractivity (Wildman–Crippen MR) is 77.9 cm³/mol. The molecule has 0 spiro atoms. The Morgan fingerprint density at radius 2 is 2.21 bits per heavy atom. The quantitative estimate of drug-likeness (QED) is 0.333. The van der Waals surface area contributed by atoms with Gasteiger partial charge < -0.3 is 15.5 Å². The van der Waals surface area contributed by atoms with Crippen molar-refractivity contribution in [3.05, 3.63) is 58.4 Å². The molecule has 0 amide bonds. The molecular formula is C14H13N3OS. The molecule has 0 bridgehead atoms. The van der Waals surface area contributed by atoms with E-state index in [1.807, 2.05) is 18.2 Å². The molecule has 0 saturated heterocycles. The minimum absolute atomic E-state index is 0.130. The summed E-state index contributed by atoms with van der Waals surface area (Å²) in [4.78, 5) is 0.